The lowest BCUT2D eigenvalue weighted by Crippen LogP contribution is -2.47. The second-order valence-corrected chi connectivity index (χ2v) is 6.24. The molecule has 2 amide bonds. The van der Waals surface area contributed by atoms with Crippen LogP contribution in [0, 0.1) is 0 Å². The number of hydrogen-bond acceptors (Lipinski definition) is 4. The molecule has 25 heavy (non-hydrogen) atoms. The van der Waals surface area contributed by atoms with Crippen LogP contribution in [0.4, 0.5) is 11.4 Å². The van der Waals surface area contributed by atoms with Crippen LogP contribution in [0.5, 0.6) is 0 Å². The number of rotatable bonds is 4. The summed E-state index contributed by atoms with van der Waals surface area (Å²) < 4.78 is 0. The molecule has 0 atom stereocenters. The molecule has 1 fully saturated rings. The zero-order valence-corrected chi connectivity index (χ0v) is 14.2. The number of nitrogens with two attached hydrogens (primary N) is 1. The summed E-state index contributed by atoms with van der Waals surface area (Å²) in [5.41, 5.74) is 8.03. The Morgan fingerprint density at radius 2 is 1.60 bits per heavy atom. The summed E-state index contributed by atoms with van der Waals surface area (Å²) in [7, 11) is 2.07. The van der Waals surface area contributed by atoms with Crippen molar-refractivity contribution in [2.24, 2.45) is 5.73 Å². The van der Waals surface area contributed by atoms with Crippen LogP contribution in [0.3, 0.4) is 0 Å². The van der Waals surface area contributed by atoms with E-state index in [0.29, 0.717) is 11.1 Å². The van der Waals surface area contributed by atoms with Crippen LogP contribution in [-0.4, -0.2) is 54.8 Å². The van der Waals surface area contributed by atoms with E-state index in [0.717, 1.165) is 37.6 Å². The van der Waals surface area contributed by atoms with Crippen LogP contribution >= 0.6 is 0 Å². The topological polar surface area (TPSA) is 78.7 Å². The monoisotopic (exact) mass is 338 g/mol. The van der Waals surface area contributed by atoms with Gasteiger partial charge in [-0.2, -0.15) is 0 Å². The van der Waals surface area contributed by atoms with Gasteiger partial charge in [-0.15, -0.1) is 0 Å². The minimum Gasteiger partial charge on any atom is -0.366 e. The number of hydrogen-bond donors (Lipinski definition) is 2. The van der Waals surface area contributed by atoms with Gasteiger partial charge in [-0.1, -0.05) is 6.07 Å². The molecule has 6 nitrogen and oxygen atoms in total. The van der Waals surface area contributed by atoms with Crippen molar-refractivity contribution in [3.63, 3.8) is 0 Å². The second kappa shape index (κ2) is 7.36. The number of carbonyl (C=O) groups excluding carboxylic acids is 2. The summed E-state index contributed by atoms with van der Waals surface area (Å²) in [4.78, 5) is 27.9. The summed E-state index contributed by atoms with van der Waals surface area (Å²) in [5, 5.41) is 3.24. The van der Waals surface area contributed by atoms with Gasteiger partial charge in [0.05, 0.1) is 0 Å². The Balaban J connectivity index is 1.70. The highest BCUT2D eigenvalue weighted by Gasteiger charge is 2.20. The van der Waals surface area contributed by atoms with E-state index >= 15 is 0 Å². The quantitative estimate of drug-likeness (QED) is 0.893. The molecule has 0 aromatic heterocycles. The van der Waals surface area contributed by atoms with Crippen LogP contribution in [-0.2, 0) is 0 Å². The number of piperazine rings is 1. The molecule has 2 aromatic carbocycles. The van der Waals surface area contributed by atoms with E-state index < -0.39 is 5.91 Å². The van der Waals surface area contributed by atoms with Crippen LogP contribution in [0.15, 0.2) is 48.5 Å². The Bertz CT molecular complexity index is 765. The third-order valence-corrected chi connectivity index (χ3v) is 4.36. The normalized spacial score (nSPS) is 15.0. The van der Waals surface area contributed by atoms with E-state index in [1.165, 1.54) is 0 Å². The number of nitrogens with zero attached hydrogens (tertiary/aromatic N) is 2. The Labute approximate surface area is 147 Å². The molecule has 6 heteroatoms. The maximum absolute atomic E-state index is 12.7. The highest BCUT2D eigenvalue weighted by molar-refractivity contribution is 5.95. The number of nitrogens with one attached hydrogen (secondary N) is 1. The fourth-order valence-corrected chi connectivity index (χ4v) is 2.81. The molecule has 2 aromatic rings. The Morgan fingerprint density at radius 1 is 0.920 bits per heavy atom. The number of carbonyl (C=O) groups is 2. The second-order valence-electron chi connectivity index (χ2n) is 6.24. The van der Waals surface area contributed by atoms with Gasteiger partial charge in [-0.25, -0.2) is 0 Å². The van der Waals surface area contributed by atoms with Gasteiger partial charge in [0.15, 0.2) is 0 Å². The van der Waals surface area contributed by atoms with Gasteiger partial charge < -0.3 is 20.9 Å². The maximum atomic E-state index is 12.7. The lowest BCUT2D eigenvalue weighted by molar-refractivity contribution is 0.0664. The summed E-state index contributed by atoms with van der Waals surface area (Å²) >= 11 is 0. The zero-order chi connectivity index (χ0) is 17.8. The zero-order valence-electron chi connectivity index (χ0n) is 14.2. The Hall–Kier alpha value is -2.86. The number of likely N-dealkylation sites (N-methyl/N-ethyl adjacent to an activating group) is 1. The predicted molar refractivity (Wildman–Crippen MR) is 98.1 cm³/mol. The Morgan fingerprint density at radius 3 is 2.24 bits per heavy atom. The molecule has 0 unspecified atom stereocenters. The standard InChI is InChI=1S/C19H22N4O2/c1-22-9-11-23(12-10-22)19(25)15-3-2-4-17(13-15)21-16-7-5-14(6-8-16)18(20)24/h2-8,13,21H,9-12H2,1H3,(H2,20,24). The van der Waals surface area contributed by atoms with Crippen molar-refractivity contribution >= 4 is 23.2 Å². The van der Waals surface area contributed by atoms with Crippen LogP contribution in [0.25, 0.3) is 0 Å². The summed E-state index contributed by atoms with van der Waals surface area (Å²) in [6, 6.07) is 14.4. The smallest absolute Gasteiger partial charge is 0.254 e. The number of primary amides is 1. The molecule has 1 heterocycles. The van der Waals surface area contributed by atoms with Crippen LogP contribution in [0.2, 0.25) is 0 Å². The van der Waals surface area contributed by atoms with Crippen LogP contribution in [0.1, 0.15) is 20.7 Å². The van der Waals surface area contributed by atoms with Gasteiger partial charge in [0.25, 0.3) is 5.91 Å². The highest BCUT2D eigenvalue weighted by atomic mass is 16.2. The lowest BCUT2D eigenvalue weighted by atomic mass is 10.1. The van der Waals surface area contributed by atoms with E-state index in [4.69, 9.17) is 5.73 Å². The molecule has 0 aliphatic carbocycles. The van der Waals surface area contributed by atoms with Crippen molar-refractivity contribution in [2.75, 3.05) is 38.5 Å². The van der Waals surface area contributed by atoms with Crippen molar-refractivity contribution in [3.8, 4) is 0 Å². The molecular weight excluding hydrogens is 316 g/mol. The molecule has 1 aliphatic rings. The predicted octanol–water partition coefficient (Wildman–Crippen LogP) is 1.92. The third kappa shape index (κ3) is 4.16. The molecular formula is C19H22N4O2. The minimum absolute atomic E-state index is 0.0563. The van der Waals surface area contributed by atoms with E-state index in [1.807, 2.05) is 29.2 Å². The molecule has 0 saturated carbocycles. The van der Waals surface area contributed by atoms with Crippen molar-refractivity contribution in [1.29, 1.82) is 0 Å². The van der Waals surface area contributed by atoms with Gasteiger partial charge in [0.1, 0.15) is 0 Å². The molecule has 130 valence electrons. The van der Waals surface area contributed by atoms with Gasteiger partial charge >= 0.3 is 0 Å². The third-order valence-electron chi connectivity index (χ3n) is 4.36. The van der Waals surface area contributed by atoms with Gasteiger partial charge in [-0.05, 0) is 49.5 Å². The van der Waals surface area contributed by atoms with E-state index in [2.05, 4.69) is 17.3 Å². The molecule has 0 radical (unpaired) electrons. The first-order chi connectivity index (χ1) is 12.0. The highest BCUT2D eigenvalue weighted by Crippen LogP contribution is 2.19. The van der Waals surface area contributed by atoms with Crippen molar-refractivity contribution in [1.82, 2.24) is 9.80 Å². The lowest BCUT2D eigenvalue weighted by Gasteiger charge is -2.32. The summed E-state index contributed by atoms with van der Waals surface area (Å²) in [5.74, 6) is -0.396. The van der Waals surface area contributed by atoms with Crippen molar-refractivity contribution in [3.05, 3.63) is 59.7 Å². The molecule has 3 rings (SSSR count). The van der Waals surface area contributed by atoms with Crippen molar-refractivity contribution in [2.45, 2.75) is 0 Å². The summed E-state index contributed by atoms with van der Waals surface area (Å²) in [6.45, 7) is 3.30. The van der Waals surface area contributed by atoms with E-state index in [-0.39, 0.29) is 5.91 Å². The molecule has 1 saturated heterocycles. The van der Waals surface area contributed by atoms with Gasteiger partial charge in [-0.3, -0.25) is 9.59 Å². The van der Waals surface area contributed by atoms with Gasteiger partial charge in [0.2, 0.25) is 5.91 Å². The fraction of sp³-hybridized carbons (Fsp3) is 0.263. The average Bonchev–Trinajstić information content (AvgIpc) is 2.62. The molecule has 0 spiro atoms. The summed E-state index contributed by atoms with van der Waals surface area (Å²) in [6.07, 6.45) is 0. The number of anilines is 2. The first-order valence-corrected chi connectivity index (χ1v) is 8.28. The number of benzene rings is 2. The van der Waals surface area contributed by atoms with Crippen LogP contribution < -0.4 is 11.1 Å². The molecule has 0 bridgehead atoms. The first-order valence-electron chi connectivity index (χ1n) is 8.28. The Kier molecular flexibility index (Phi) is 5.00. The number of amides is 2. The fourth-order valence-electron chi connectivity index (χ4n) is 2.81. The first kappa shape index (κ1) is 17.0. The van der Waals surface area contributed by atoms with E-state index in [9.17, 15) is 9.59 Å². The SMILES string of the molecule is CN1CCN(C(=O)c2cccc(Nc3ccc(C(N)=O)cc3)c2)CC1. The largest absolute Gasteiger partial charge is 0.366 e. The van der Waals surface area contributed by atoms with E-state index in [1.54, 1.807) is 24.3 Å². The minimum atomic E-state index is -0.452. The molecule has 1 aliphatic heterocycles. The molecule has 3 N–H and O–H groups in total. The van der Waals surface area contributed by atoms with Crippen molar-refractivity contribution < 1.29 is 9.59 Å². The maximum Gasteiger partial charge on any atom is 0.254 e. The van der Waals surface area contributed by atoms with Gasteiger partial charge in [0, 0.05) is 48.7 Å². The average molecular weight is 338 g/mol.